The van der Waals surface area contributed by atoms with Gasteiger partial charge in [-0.05, 0) is 75.7 Å². The summed E-state index contributed by atoms with van der Waals surface area (Å²) in [7, 11) is 4.77. The lowest BCUT2D eigenvalue weighted by atomic mass is 10.2. The van der Waals surface area contributed by atoms with Gasteiger partial charge in [0.05, 0.1) is 42.6 Å². The monoisotopic (exact) mass is 577 g/mol. The third kappa shape index (κ3) is 6.50. The van der Waals surface area contributed by atoms with Gasteiger partial charge < -0.3 is 24.4 Å². The lowest BCUT2D eigenvalue weighted by molar-refractivity contribution is -0.384. The van der Waals surface area contributed by atoms with Gasteiger partial charge in [0.1, 0.15) is 6.61 Å². The third-order valence-electron chi connectivity index (χ3n) is 4.82. The van der Waals surface area contributed by atoms with E-state index in [1.165, 1.54) is 12.1 Å². The first-order chi connectivity index (χ1) is 16.4. The fourth-order valence-electron chi connectivity index (χ4n) is 3.07. The molecule has 178 valence electrons. The number of nitrogens with one attached hydrogen (secondary N) is 1. The summed E-state index contributed by atoms with van der Waals surface area (Å²) in [5.41, 5.74) is 5.71. The van der Waals surface area contributed by atoms with Crippen LogP contribution in [0.25, 0.3) is 0 Å². The van der Waals surface area contributed by atoms with Crippen LogP contribution in [0.1, 0.15) is 16.7 Å². The average molecular weight is 577 g/mol. The van der Waals surface area contributed by atoms with E-state index in [0.29, 0.717) is 29.5 Å². The van der Waals surface area contributed by atoms with E-state index in [0.717, 1.165) is 20.3 Å². The van der Waals surface area contributed by atoms with Crippen LogP contribution in [0.2, 0.25) is 0 Å². The molecule has 0 bridgehead atoms. The van der Waals surface area contributed by atoms with Gasteiger partial charge in [-0.2, -0.15) is 5.10 Å². The minimum atomic E-state index is -0.431. The van der Waals surface area contributed by atoms with Crippen molar-refractivity contribution in [2.24, 2.45) is 5.10 Å². The van der Waals surface area contributed by atoms with Crippen LogP contribution in [0.4, 0.5) is 5.69 Å². The maximum Gasteiger partial charge on any atom is 0.269 e. The van der Waals surface area contributed by atoms with Crippen molar-refractivity contribution >= 4 is 34.5 Å². The molecule has 9 nitrogen and oxygen atoms in total. The molecule has 0 unspecified atom stereocenters. The maximum absolute atomic E-state index is 10.8. The summed E-state index contributed by atoms with van der Waals surface area (Å²) in [5, 5.41) is 15.1. The van der Waals surface area contributed by atoms with E-state index in [9.17, 15) is 10.1 Å². The molecule has 1 N–H and O–H groups in total. The van der Waals surface area contributed by atoms with Crippen LogP contribution in [-0.2, 0) is 13.2 Å². The number of halogens is 1. The first-order valence-electron chi connectivity index (χ1n) is 10.2. The van der Waals surface area contributed by atoms with E-state index >= 15 is 0 Å². The van der Waals surface area contributed by atoms with Crippen molar-refractivity contribution in [2.45, 2.75) is 13.2 Å². The van der Waals surface area contributed by atoms with Crippen LogP contribution in [-0.4, -0.2) is 32.5 Å². The van der Waals surface area contributed by atoms with Crippen molar-refractivity contribution in [1.29, 1.82) is 0 Å². The number of benzene rings is 3. The predicted molar refractivity (Wildman–Crippen MR) is 137 cm³/mol. The molecule has 0 radical (unpaired) electrons. The number of nitrogens with zero attached hydrogens (tertiary/aromatic N) is 2. The van der Waals surface area contributed by atoms with E-state index in [1.807, 2.05) is 30.3 Å². The third-order valence-corrected chi connectivity index (χ3v) is 5.62. The van der Waals surface area contributed by atoms with Crippen LogP contribution in [0.15, 0.2) is 59.7 Å². The van der Waals surface area contributed by atoms with Crippen LogP contribution >= 0.6 is 22.6 Å². The van der Waals surface area contributed by atoms with Gasteiger partial charge in [0.15, 0.2) is 23.0 Å². The van der Waals surface area contributed by atoms with E-state index in [4.69, 9.17) is 18.9 Å². The van der Waals surface area contributed by atoms with E-state index < -0.39 is 4.92 Å². The Morgan fingerprint density at radius 3 is 2.26 bits per heavy atom. The molecule has 0 amide bonds. The number of hydrazone groups is 1. The van der Waals surface area contributed by atoms with Crippen LogP contribution in [0.5, 0.6) is 23.0 Å². The standard InChI is InChI=1S/C24H24IN3O6/c1-31-21-9-6-17(11-22(21)32-2)13-26-27-14-18-10-20(25)24(23(12-18)33-3)34-15-16-4-7-19(8-5-16)28(29)30/h4-12,14,26H,13,15H2,1-3H3/b27-14-. The van der Waals surface area contributed by atoms with E-state index in [-0.39, 0.29) is 12.3 Å². The molecular formula is C24H24IN3O6. The quantitative estimate of drug-likeness (QED) is 0.149. The zero-order valence-electron chi connectivity index (χ0n) is 18.9. The zero-order chi connectivity index (χ0) is 24.5. The van der Waals surface area contributed by atoms with Gasteiger partial charge in [-0.3, -0.25) is 10.1 Å². The number of methoxy groups -OCH3 is 3. The summed E-state index contributed by atoms with van der Waals surface area (Å²) in [6.07, 6.45) is 1.70. The molecular weight excluding hydrogens is 553 g/mol. The first-order valence-corrected chi connectivity index (χ1v) is 11.2. The highest BCUT2D eigenvalue weighted by Gasteiger charge is 2.12. The Morgan fingerprint density at radius 1 is 0.941 bits per heavy atom. The second kappa shape index (κ2) is 12.1. The van der Waals surface area contributed by atoms with Crippen molar-refractivity contribution in [3.63, 3.8) is 0 Å². The minimum absolute atomic E-state index is 0.0410. The van der Waals surface area contributed by atoms with Gasteiger partial charge in [0, 0.05) is 12.1 Å². The molecule has 3 aromatic rings. The summed E-state index contributed by atoms with van der Waals surface area (Å²) in [4.78, 5) is 10.4. The molecule has 0 aliphatic carbocycles. The summed E-state index contributed by atoms with van der Waals surface area (Å²) in [5.74, 6) is 2.49. The topological polar surface area (TPSA) is 104 Å². The molecule has 0 aliphatic heterocycles. The number of non-ortho nitro benzene ring substituents is 1. The SMILES string of the molecule is COc1ccc(CN/N=C\c2cc(I)c(OCc3ccc([N+](=O)[O-])cc3)c(OC)c2)cc1OC. The second-order valence-corrected chi connectivity index (χ2v) is 8.19. The van der Waals surface area contributed by atoms with Gasteiger partial charge >= 0.3 is 0 Å². The Morgan fingerprint density at radius 2 is 1.62 bits per heavy atom. The van der Waals surface area contributed by atoms with Crippen molar-refractivity contribution in [2.75, 3.05) is 21.3 Å². The molecule has 34 heavy (non-hydrogen) atoms. The number of nitro benzene ring substituents is 1. The van der Waals surface area contributed by atoms with Gasteiger partial charge in [-0.1, -0.05) is 6.07 Å². The minimum Gasteiger partial charge on any atom is -0.493 e. The smallest absolute Gasteiger partial charge is 0.269 e. The number of hydrogen-bond acceptors (Lipinski definition) is 8. The van der Waals surface area contributed by atoms with Gasteiger partial charge in [0.25, 0.3) is 5.69 Å². The lowest BCUT2D eigenvalue weighted by Gasteiger charge is -2.13. The number of hydrogen-bond donors (Lipinski definition) is 1. The average Bonchev–Trinajstić information content (AvgIpc) is 2.85. The highest BCUT2D eigenvalue weighted by atomic mass is 127. The van der Waals surface area contributed by atoms with Gasteiger partial charge in [-0.25, -0.2) is 0 Å². The molecule has 0 spiro atoms. The summed E-state index contributed by atoms with van der Waals surface area (Å²) >= 11 is 2.17. The molecule has 0 saturated carbocycles. The molecule has 10 heteroatoms. The molecule has 0 aromatic heterocycles. The summed E-state index contributed by atoms with van der Waals surface area (Å²) in [6.45, 7) is 0.770. The summed E-state index contributed by atoms with van der Waals surface area (Å²) in [6, 6.07) is 15.7. The molecule has 0 atom stereocenters. The Hall–Kier alpha value is -3.54. The molecule has 0 saturated heterocycles. The van der Waals surface area contributed by atoms with Gasteiger partial charge in [0.2, 0.25) is 0 Å². The normalized spacial score (nSPS) is 10.7. The Kier molecular flexibility index (Phi) is 8.91. The van der Waals surface area contributed by atoms with E-state index in [2.05, 4.69) is 33.1 Å². The van der Waals surface area contributed by atoms with Crippen LogP contribution in [0, 0.1) is 13.7 Å². The van der Waals surface area contributed by atoms with Crippen molar-refractivity contribution < 1.29 is 23.9 Å². The van der Waals surface area contributed by atoms with E-state index in [1.54, 1.807) is 39.7 Å². The zero-order valence-corrected chi connectivity index (χ0v) is 21.1. The van der Waals surface area contributed by atoms with Crippen LogP contribution in [0.3, 0.4) is 0 Å². The Bertz CT molecular complexity index is 1170. The van der Waals surface area contributed by atoms with Crippen molar-refractivity contribution in [3.05, 3.63) is 85.0 Å². The Labute approximate surface area is 211 Å². The fraction of sp³-hybridized carbons (Fsp3) is 0.208. The predicted octanol–water partition coefficient (Wildman–Crippen LogP) is 4.93. The molecule has 0 aliphatic rings. The van der Waals surface area contributed by atoms with Crippen molar-refractivity contribution in [3.8, 4) is 23.0 Å². The lowest BCUT2D eigenvalue weighted by Crippen LogP contribution is -2.06. The molecule has 0 fully saturated rings. The first kappa shape index (κ1) is 25.1. The number of rotatable bonds is 11. The summed E-state index contributed by atoms with van der Waals surface area (Å²) < 4.78 is 22.9. The second-order valence-electron chi connectivity index (χ2n) is 7.03. The Balaban J connectivity index is 1.63. The number of ether oxygens (including phenoxy) is 4. The molecule has 3 rings (SSSR count). The molecule has 3 aromatic carbocycles. The highest BCUT2D eigenvalue weighted by Crippen LogP contribution is 2.34. The van der Waals surface area contributed by atoms with Crippen molar-refractivity contribution in [1.82, 2.24) is 5.43 Å². The molecule has 0 heterocycles. The largest absolute Gasteiger partial charge is 0.493 e. The fourth-order valence-corrected chi connectivity index (χ4v) is 3.85. The number of nitro groups is 1. The maximum atomic E-state index is 10.8. The highest BCUT2D eigenvalue weighted by molar-refractivity contribution is 14.1. The van der Waals surface area contributed by atoms with Gasteiger partial charge in [-0.15, -0.1) is 0 Å². The van der Waals surface area contributed by atoms with Crippen LogP contribution < -0.4 is 24.4 Å².